The number of fused-ring (bicyclic) bond motifs is 1. The lowest BCUT2D eigenvalue weighted by atomic mass is 9.99. The molecule has 0 fully saturated rings. The van der Waals surface area contributed by atoms with Gasteiger partial charge in [0.2, 0.25) is 0 Å². The molecule has 0 saturated heterocycles. The molecule has 5 heteroatoms. The van der Waals surface area contributed by atoms with E-state index in [-0.39, 0.29) is 0 Å². The van der Waals surface area contributed by atoms with Crippen molar-refractivity contribution in [1.82, 2.24) is 15.0 Å². The summed E-state index contributed by atoms with van der Waals surface area (Å²) in [6, 6.07) is 17.9. The van der Waals surface area contributed by atoms with Crippen molar-refractivity contribution >= 4 is 16.9 Å². The summed E-state index contributed by atoms with van der Waals surface area (Å²) in [7, 11) is 0. The van der Waals surface area contributed by atoms with Crippen LogP contribution >= 0.6 is 0 Å². The Bertz CT molecular complexity index is 1020. The van der Waals surface area contributed by atoms with Crippen molar-refractivity contribution in [2.45, 2.75) is 19.6 Å². The van der Waals surface area contributed by atoms with E-state index in [0.717, 1.165) is 39.2 Å². The van der Waals surface area contributed by atoms with Gasteiger partial charge in [0, 0.05) is 17.8 Å². The number of pyridine rings is 2. The van der Waals surface area contributed by atoms with E-state index < -0.39 is 6.10 Å². The van der Waals surface area contributed by atoms with Gasteiger partial charge in [0.05, 0.1) is 18.3 Å². The largest absolute Gasteiger partial charge is 0.389 e. The SMILES string of the molecule is C[C@H](O)c1cccc(-c2cc(NCc3ccccn3)nc3[nH]ccc23)c1. The van der Waals surface area contributed by atoms with Gasteiger partial charge in [0.25, 0.3) is 0 Å². The quantitative estimate of drug-likeness (QED) is 0.505. The molecule has 0 amide bonds. The second-order valence-electron chi connectivity index (χ2n) is 6.27. The Balaban J connectivity index is 1.72. The lowest BCUT2D eigenvalue weighted by molar-refractivity contribution is 0.199. The third kappa shape index (κ3) is 3.30. The van der Waals surface area contributed by atoms with Crippen molar-refractivity contribution in [3.63, 3.8) is 0 Å². The molecule has 3 aromatic heterocycles. The van der Waals surface area contributed by atoms with Gasteiger partial charge in [-0.2, -0.15) is 0 Å². The van der Waals surface area contributed by atoms with Crippen molar-refractivity contribution in [1.29, 1.82) is 0 Å². The van der Waals surface area contributed by atoms with Crippen LogP contribution in [0.1, 0.15) is 24.3 Å². The summed E-state index contributed by atoms with van der Waals surface area (Å²) in [6.45, 7) is 2.38. The summed E-state index contributed by atoms with van der Waals surface area (Å²) >= 11 is 0. The average molecular weight is 344 g/mol. The predicted molar refractivity (Wildman–Crippen MR) is 104 cm³/mol. The van der Waals surface area contributed by atoms with Gasteiger partial charge in [-0.05, 0) is 53.9 Å². The predicted octanol–water partition coefficient (Wildman–Crippen LogP) is 4.29. The molecule has 1 atom stereocenters. The van der Waals surface area contributed by atoms with E-state index in [1.54, 1.807) is 13.1 Å². The molecule has 0 bridgehead atoms. The highest BCUT2D eigenvalue weighted by Gasteiger charge is 2.11. The number of hydrogen-bond acceptors (Lipinski definition) is 4. The molecule has 0 radical (unpaired) electrons. The molecule has 0 aliphatic carbocycles. The molecule has 0 unspecified atom stereocenters. The molecule has 0 aliphatic rings. The van der Waals surface area contributed by atoms with E-state index in [1.165, 1.54) is 0 Å². The van der Waals surface area contributed by atoms with Crippen LogP contribution in [0.15, 0.2) is 67.0 Å². The molecule has 4 aromatic rings. The monoisotopic (exact) mass is 344 g/mol. The Morgan fingerprint density at radius 2 is 2.04 bits per heavy atom. The first kappa shape index (κ1) is 16.3. The standard InChI is InChI=1S/C21H20N4O/c1-14(26)15-5-4-6-16(11-15)19-12-20(25-21-18(19)8-10-23-21)24-13-17-7-2-3-9-22-17/h2-12,14,26H,13H2,1H3,(H2,23,24,25)/t14-/m0/s1. The van der Waals surface area contributed by atoms with Crippen LogP contribution in [-0.4, -0.2) is 20.1 Å². The lowest BCUT2D eigenvalue weighted by Crippen LogP contribution is -2.03. The second kappa shape index (κ2) is 6.98. The van der Waals surface area contributed by atoms with E-state index in [4.69, 9.17) is 0 Å². The number of aliphatic hydroxyl groups is 1. The minimum absolute atomic E-state index is 0.500. The minimum Gasteiger partial charge on any atom is -0.389 e. The van der Waals surface area contributed by atoms with Crippen molar-refractivity contribution in [2.75, 3.05) is 5.32 Å². The van der Waals surface area contributed by atoms with Crippen LogP contribution in [0.5, 0.6) is 0 Å². The number of benzene rings is 1. The first-order chi connectivity index (χ1) is 12.7. The first-order valence-corrected chi connectivity index (χ1v) is 8.61. The third-order valence-corrected chi connectivity index (χ3v) is 4.39. The van der Waals surface area contributed by atoms with Crippen molar-refractivity contribution in [3.05, 3.63) is 78.2 Å². The molecule has 4 rings (SSSR count). The molecule has 130 valence electrons. The van der Waals surface area contributed by atoms with Gasteiger partial charge in [-0.25, -0.2) is 4.98 Å². The van der Waals surface area contributed by atoms with Crippen LogP contribution < -0.4 is 5.32 Å². The minimum atomic E-state index is -0.500. The maximum Gasteiger partial charge on any atom is 0.140 e. The van der Waals surface area contributed by atoms with Crippen LogP contribution in [0.3, 0.4) is 0 Å². The maximum atomic E-state index is 9.90. The van der Waals surface area contributed by atoms with Gasteiger partial charge in [0.1, 0.15) is 11.5 Å². The van der Waals surface area contributed by atoms with E-state index in [1.807, 2.05) is 54.7 Å². The fourth-order valence-electron chi connectivity index (χ4n) is 3.02. The topological polar surface area (TPSA) is 73.8 Å². The fourth-order valence-corrected chi connectivity index (χ4v) is 3.02. The molecule has 0 aliphatic heterocycles. The number of aromatic nitrogens is 3. The molecule has 5 nitrogen and oxygen atoms in total. The van der Waals surface area contributed by atoms with E-state index in [0.29, 0.717) is 6.54 Å². The Kier molecular flexibility index (Phi) is 4.37. The summed E-state index contributed by atoms with van der Waals surface area (Å²) < 4.78 is 0. The van der Waals surface area contributed by atoms with Crippen LogP contribution in [-0.2, 0) is 6.54 Å². The second-order valence-corrected chi connectivity index (χ2v) is 6.27. The number of rotatable bonds is 5. The molecule has 1 aromatic carbocycles. The molecule has 0 saturated carbocycles. The van der Waals surface area contributed by atoms with Crippen LogP contribution in [0, 0.1) is 0 Å². The number of H-pyrrole nitrogens is 1. The van der Waals surface area contributed by atoms with Gasteiger partial charge < -0.3 is 15.4 Å². The average Bonchev–Trinajstić information content (AvgIpc) is 3.15. The first-order valence-electron chi connectivity index (χ1n) is 8.61. The normalized spacial score (nSPS) is 12.2. The Labute approximate surface area is 151 Å². The zero-order chi connectivity index (χ0) is 17.9. The molecular weight excluding hydrogens is 324 g/mol. The number of hydrogen-bond donors (Lipinski definition) is 3. The summed E-state index contributed by atoms with van der Waals surface area (Å²) in [6.07, 6.45) is 3.17. The van der Waals surface area contributed by atoms with Crippen LogP contribution in [0.4, 0.5) is 5.82 Å². The van der Waals surface area contributed by atoms with Crippen molar-refractivity contribution < 1.29 is 5.11 Å². The van der Waals surface area contributed by atoms with E-state index in [2.05, 4.69) is 26.3 Å². The molecular formula is C21H20N4O. The van der Waals surface area contributed by atoms with Gasteiger partial charge in [-0.3, -0.25) is 4.98 Å². The van der Waals surface area contributed by atoms with Gasteiger partial charge in [-0.1, -0.05) is 24.3 Å². The fraction of sp³-hybridized carbons (Fsp3) is 0.143. The Hall–Kier alpha value is -3.18. The van der Waals surface area contributed by atoms with E-state index in [9.17, 15) is 5.11 Å². The molecule has 3 heterocycles. The summed E-state index contributed by atoms with van der Waals surface area (Å²) in [4.78, 5) is 12.2. The Morgan fingerprint density at radius 3 is 2.85 bits per heavy atom. The number of nitrogens with one attached hydrogen (secondary N) is 2. The lowest BCUT2D eigenvalue weighted by Gasteiger charge is -2.11. The Morgan fingerprint density at radius 1 is 1.12 bits per heavy atom. The number of anilines is 1. The van der Waals surface area contributed by atoms with Gasteiger partial charge in [0.15, 0.2) is 0 Å². The number of aromatic amines is 1. The summed E-state index contributed by atoms with van der Waals surface area (Å²) in [5, 5.41) is 14.3. The van der Waals surface area contributed by atoms with Crippen molar-refractivity contribution in [3.8, 4) is 11.1 Å². The number of aliphatic hydroxyl groups excluding tert-OH is 1. The molecule has 3 N–H and O–H groups in total. The van der Waals surface area contributed by atoms with E-state index >= 15 is 0 Å². The third-order valence-electron chi connectivity index (χ3n) is 4.39. The zero-order valence-electron chi connectivity index (χ0n) is 14.5. The van der Waals surface area contributed by atoms with Gasteiger partial charge in [-0.15, -0.1) is 0 Å². The highest BCUT2D eigenvalue weighted by molar-refractivity contribution is 5.94. The smallest absolute Gasteiger partial charge is 0.140 e. The van der Waals surface area contributed by atoms with Gasteiger partial charge >= 0.3 is 0 Å². The van der Waals surface area contributed by atoms with Crippen LogP contribution in [0.2, 0.25) is 0 Å². The summed E-state index contributed by atoms with van der Waals surface area (Å²) in [5.41, 5.74) is 4.80. The zero-order valence-corrected chi connectivity index (χ0v) is 14.5. The van der Waals surface area contributed by atoms with Crippen molar-refractivity contribution in [2.24, 2.45) is 0 Å². The summed E-state index contributed by atoms with van der Waals surface area (Å²) in [5.74, 6) is 0.781. The molecule has 0 spiro atoms. The number of nitrogens with zero attached hydrogens (tertiary/aromatic N) is 2. The van der Waals surface area contributed by atoms with Crippen LogP contribution in [0.25, 0.3) is 22.2 Å². The molecule has 26 heavy (non-hydrogen) atoms. The highest BCUT2D eigenvalue weighted by Crippen LogP contribution is 2.31. The maximum absolute atomic E-state index is 9.90. The highest BCUT2D eigenvalue weighted by atomic mass is 16.3.